The zero-order valence-corrected chi connectivity index (χ0v) is 17.5. The quantitative estimate of drug-likeness (QED) is 0.281. The first kappa shape index (κ1) is 19.3. The fraction of sp³-hybridized carbons (Fsp3) is 0.0769. The van der Waals surface area contributed by atoms with Crippen LogP contribution in [0.1, 0.15) is 5.56 Å². The highest BCUT2D eigenvalue weighted by Gasteiger charge is 2.17. The van der Waals surface area contributed by atoms with E-state index in [0.29, 0.717) is 0 Å². The van der Waals surface area contributed by atoms with E-state index in [1.165, 1.54) is 49.6 Å². The van der Waals surface area contributed by atoms with Gasteiger partial charge in [0.05, 0.1) is 18.2 Å². The molecule has 5 aromatic rings. The second-order valence-electron chi connectivity index (χ2n) is 6.76. The average molecular weight is 391 g/mol. The maximum Gasteiger partial charge on any atom is 0.0640 e. The zero-order chi connectivity index (χ0) is 20.2. The molecule has 0 N–H and O–H groups in total. The number of anilines is 3. The van der Waals surface area contributed by atoms with Crippen molar-refractivity contribution in [1.29, 1.82) is 0 Å². The van der Waals surface area contributed by atoms with E-state index in [0.717, 1.165) is 0 Å². The first-order valence-electron chi connectivity index (χ1n) is 9.71. The molecular weight excluding hydrogens is 369 g/mol. The van der Waals surface area contributed by atoms with Crippen molar-refractivity contribution in [3.63, 3.8) is 0 Å². The van der Waals surface area contributed by atoms with Gasteiger partial charge in [0.1, 0.15) is 0 Å². The summed E-state index contributed by atoms with van der Waals surface area (Å²) in [5.41, 5.74) is 4.85. The Morgan fingerprint density at radius 3 is 2.00 bits per heavy atom. The summed E-state index contributed by atoms with van der Waals surface area (Å²) in [6.45, 7) is 3.63. The van der Waals surface area contributed by atoms with Gasteiger partial charge in [-0.05, 0) is 43.3 Å². The smallest absolute Gasteiger partial charge is 0.0640 e. The summed E-state index contributed by atoms with van der Waals surface area (Å²) in [7, 11) is 4.50. The number of hydrogen-bond donors (Lipinski definition) is 0. The largest absolute Gasteiger partial charge is 0.309 e. The summed E-state index contributed by atoms with van der Waals surface area (Å²) < 4.78 is 2.65. The van der Waals surface area contributed by atoms with E-state index in [1.54, 1.807) is 0 Å². The third-order valence-electron chi connectivity index (χ3n) is 4.93. The van der Waals surface area contributed by atoms with Gasteiger partial charge >= 0.3 is 0 Å². The first-order valence-corrected chi connectivity index (χ1v) is 10.5. The second-order valence-corrected chi connectivity index (χ2v) is 7.81. The van der Waals surface area contributed by atoms with Crippen LogP contribution in [-0.2, 0) is 0 Å². The van der Waals surface area contributed by atoms with Crippen LogP contribution in [0.25, 0.3) is 20.2 Å². The monoisotopic (exact) mass is 391 g/mol. The number of benzene rings is 4. The lowest BCUT2D eigenvalue weighted by Gasteiger charge is -2.26. The highest BCUT2D eigenvalue weighted by molar-refractivity contribution is 7.26. The lowest BCUT2D eigenvalue weighted by molar-refractivity contribution is 1.29. The van der Waals surface area contributed by atoms with Crippen molar-refractivity contribution in [2.24, 2.45) is 0 Å². The van der Waals surface area contributed by atoms with Crippen LogP contribution in [0.15, 0.2) is 97.1 Å². The zero-order valence-electron chi connectivity index (χ0n) is 16.7. The van der Waals surface area contributed by atoms with E-state index in [4.69, 9.17) is 0 Å². The molecule has 0 atom stereocenters. The topological polar surface area (TPSA) is 3.24 Å². The molecule has 0 bridgehead atoms. The normalized spacial score (nSPS) is 10.6. The van der Waals surface area contributed by atoms with Crippen LogP contribution in [0.4, 0.5) is 17.1 Å². The van der Waals surface area contributed by atoms with E-state index in [9.17, 15) is 0 Å². The number of fused-ring (bicyclic) bond motifs is 3. The van der Waals surface area contributed by atoms with Crippen molar-refractivity contribution in [2.75, 3.05) is 4.90 Å². The molecule has 1 aromatic heterocycles. The van der Waals surface area contributed by atoms with Gasteiger partial charge in [0.2, 0.25) is 0 Å². The molecule has 1 heterocycles. The van der Waals surface area contributed by atoms with Gasteiger partial charge < -0.3 is 4.90 Å². The van der Waals surface area contributed by atoms with Crippen LogP contribution < -0.4 is 4.90 Å². The van der Waals surface area contributed by atoms with Crippen molar-refractivity contribution in [3.05, 3.63) is 103 Å². The third-order valence-corrected chi connectivity index (χ3v) is 6.14. The van der Waals surface area contributed by atoms with E-state index in [2.05, 4.69) is 117 Å². The predicted molar refractivity (Wildman–Crippen MR) is 130 cm³/mol. The minimum Gasteiger partial charge on any atom is -0.309 e. The van der Waals surface area contributed by atoms with Crippen LogP contribution >= 0.6 is 11.3 Å². The summed E-state index contributed by atoms with van der Waals surface area (Å²) in [6, 6.07) is 34.7. The predicted octanol–water partition coefficient (Wildman–Crippen LogP) is 8.04. The van der Waals surface area contributed by atoms with Crippen LogP contribution in [0.3, 0.4) is 0 Å². The van der Waals surface area contributed by atoms with Gasteiger partial charge in [-0.3, -0.25) is 0 Å². The van der Waals surface area contributed by atoms with E-state index >= 15 is 0 Å². The number of thiophene rings is 1. The molecule has 0 unspecified atom stereocenters. The molecule has 0 aliphatic heterocycles. The number of aryl methyl sites for hydroxylation is 1. The highest BCUT2D eigenvalue weighted by Crippen LogP contribution is 2.44. The minimum absolute atomic E-state index is 1.17. The van der Waals surface area contributed by atoms with Gasteiger partial charge in [-0.25, -0.2) is 0 Å². The lowest BCUT2D eigenvalue weighted by Crippen LogP contribution is -2.09. The molecule has 4 aromatic carbocycles. The standard InChI is InChI=1S/C25H19NS.CH3B/c1-18-14-16-20(17-15-18)26(19-8-3-2-4-9-19)23-12-7-11-22-21-10-5-6-13-24(21)27-25(22)23;1-2/h2-17H,1H3;1H3. The van der Waals surface area contributed by atoms with Crippen LogP contribution in [0.2, 0.25) is 6.82 Å². The number of rotatable bonds is 3. The van der Waals surface area contributed by atoms with Crippen LogP contribution in [-0.4, -0.2) is 7.85 Å². The Morgan fingerprint density at radius 1 is 0.621 bits per heavy atom. The summed E-state index contributed by atoms with van der Waals surface area (Å²) in [4.78, 5) is 2.36. The molecule has 5 rings (SSSR count). The SMILES string of the molecule is Cc1ccc(N(c2ccccc2)c2cccc3c2sc2ccccc23)cc1.[B]C. The molecule has 0 saturated heterocycles. The summed E-state index contributed by atoms with van der Waals surface area (Å²) in [5, 5.41) is 2.65. The van der Waals surface area contributed by atoms with E-state index < -0.39 is 0 Å². The van der Waals surface area contributed by atoms with E-state index in [-0.39, 0.29) is 0 Å². The summed E-state index contributed by atoms with van der Waals surface area (Å²) in [5.74, 6) is 0. The lowest BCUT2D eigenvalue weighted by atomic mass is 10.1. The second kappa shape index (κ2) is 8.54. The fourth-order valence-electron chi connectivity index (χ4n) is 3.61. The van der Waals surface area contributed by atoms with Crippen LogP contribution in [0.5, 0.6) is 0 Å². The molecule has 0 saturated carbocycles. The third kappa shape index (κ3) is 3.66. The molecule has 0 amide bonds. The maximum atomic E-state index is 4.50. The fourth-order valence-corrected chi connectivity index (χ4v) is 4.81. The Bertz CT molecular complexity index is 1230. The molecule has 2 radical (unpaired) electrons. The summed E-state index contributed by atoms with van der Waals surface area (Å²) in [6.07, 6.45) is 0. The minimum atomic E-state index is 1.17. The number of hydrogen-bond acceptors (Lipinski definition) is 2. The van der Waals surface area contributed by atoms with E-state index in [1.807, 2.05) is 11.3 Å². The Hall–Kier alpha value is -3.04. The molecule has 1 nitrogen and oxygen atoms in total. The molecule has 3 heteroatoms. The molecule has 0 aliphatic carbocycles. The number of nitrogens with zero attached hydrogens (tertiary/aromatic N) is 1. The molecule has 29 heavy (non-hydrogen) atoms. The van der Waals surface area contributed by atoms with Crippen LogP contribution in [0, 0.1) is 6.92 Å². The molecular formula is C26H22BNS. The van der Waals surface area contributed by atoms with Crippen molar-refractivity contribution < 1.29 is 0 Å². The van der Waals surface area contributed by atoms with Gasteiger partial charge in [-0.2, -0.15) is 0 Å². The molecule has 0 aliphatic rings. The van der Waals surface area contributed by atoms with Crippen molar-refractivity contribution in [2.45, 2.75) is 13.7 Å². The highest BCUT2D eigenvalue weighted by atomic mass is 32.1. The van der Waals surface area contributed by atoms with Crippen molar-refractivity contribution in [3.8, 4) is 0 Å². The van der Waals surface area contributed by atoms with Gasteiger partial charge in [-0.15, -0.1) is 11.3 Å². The van der Waals surface area contributed by atoms with Gasteiger partial charge in [0.25, 0.3) is 0 Å². The molecule has 0 fully saturated rings. The molecule has 140 valence electrons. The summed E-state index contributed by atoms with van der Waals surface area (Å²) >= 11 is 1.87. The van der Waals surface area contributed by atoms with Gasteiger partial charge in [0.15, 0.2) is 0 Å². The Kier molecular flexibility index (Phi) is 5.68. The van der Waals surface area contributed by atoms with Gasteiger partial charge in [-0.1, -0.05) is 73.1 Å². The maximum absolute atomic E-state index is 4.50. The van der Waals surface area contributed by atoms with Gasteiger partial charge in [0, 0.05) is 26.8 Å². The Balaban J connectivity index is 0.000000994. The van der Waals surface area contributed by atoms with Crippen molar-refractivity contribution >= 4 is 56.4 Å². The number of para-hydroxylation sites is 1. The van der Waals surface area contributed by atoms with Crippen molar-refractivity contribution in [1.82, 2.24) is 0 Å². The Morgan fingerprint density at radius 2 is 1.24 bits per heavy atom. The average Bonchev–Trinajstić information content (AvgIpc) is 3.17. The first-order chi connectivity index (χ1) is 14.3. The molecule has 0 spiro atoms. The Labute approximate surface area is 177 Å².